The summed E-state index contributed by atoms with van der Waals surface area (Å²) in [5.41, 5.74) is 0.00511. The predicted octanol–water partition coefficient (Wildman–Crippen LogP) is 0.963. The number of amides is 2. The van der Waals surface area contributed by atoms with Crippen LogP contribution in [0, 0.1) is 11.4 Å². The molecule has 0 saturated carbocycles. The molecule has 1 N–H and O–H groups in total. The maximum Gasteiger partial charge on any atom is 0.258 e. The molecule has 20 heavy (non-hydrogen) atoms. The Labute approximate surface area is 116 Å². The van der Waals surface area contributed by atoms with Crippen LogP contribution in [-0.4, -0.2) is 41.3 Å². The topological polar surface area (TPSA) is 62.3 Å². The molecule has 2 amide bonds. The minimum absolute atomic E-state index is 0.0126. The van der Waals surface area contributed by atoms with E-state index in [4.69, 9.17) is 0 Å². The van der Waals surface area contributed by atoms with Crippen molar-refractivity contribution in [3.05, 3.63) is 29.8 Å². The number of likely N-dealkylation sites (tertiary alicyclic amines) is 1. The highest BCUT2D eigenvalue weighted by Gasteiger charge is 2.41. The molecule has 3 rings (SSSR count). The number of carbonyl (C=O) groups is 2. The summed E-state index contributed by atoms with van der Waals surface area (Å²) in [5, 5.41) is 2.85. The van der Waals surface area contributed by atoms with Crippen LogP contribution in [0.25, 0.3) is 0 Å². The Kier molecular flexibility index (Phi) is 3.16. The SMILES string of the molecule is O=C1CC2(CCN(C(=O)c3cccnc3F)CC2)CN1. The summed E-state index contributed by atoms with van der Waals surface area (Å²) < 4.78 is 13.5. The molecule has 5 nitrogen and oxygen atoms in total. The summed E-state index contributed by atoms with van der Waals surface area (Å²) in [5.74, 6) is -0.957. The van der Waals surface area contributed by atoms with Gasteiger partial charge < -0.3 is 10.2 Å². The van der Waals surface area contributed by atoms with Crippen molar-refractivity contribution >= 4 is 11.8 Å². The number of nitrogens with one attached hydrogen (secondary N) is 1. The number of nitrogens with zero attached hydrogens (tertiary/aromatic N) is 2. The predicted molar refractivity (Wildman–Crippen MR) is 69.4 cm³/mol. The van der Waals surface area contributed by atoms with E-state index in [1.165, 1.54) is 12.3 Å². The first-order valence-electron chi connectivity index (χ1n) is 6.76. The molecule has 0 aliphatic carbocycles. The van der Waals surface area contributed by atoms with Crippen molar-refractivity contribution in [1.29, 1.82) is 0 Å². The van der Waals surface area contributed by atoms with Gasteiger partial charge in [0.15, 0.2) is 0 Å². The summed E-state index contributed by atoms with van der Waals surface area (Å²) in [4.78, 5) is 28.8. The zero-order valence-corrected chi connectivity index (χ0v) is 11.1. The number of carbonyl (C=O) groups excluding carboxylic acids is 2. The fraction of sp³-hybridized carbons (Fsp3) is 0.500. The molecule has 0 unspecified atom stereocenters. The first-order valence-corrected chi connectivity index (χ1v) is 6.76. The Morgan fingerprint density at radius 3 is 2.75 bits per heavy atom. The molecule has 0 bridgehead atoms. The fourth-order valence-corrected chi connectivity index (χ4v) is 3.01. The van der Waals surface area contributed by atoms with Gasteiger partial charge in [0.2, 0.25) is 11.9 Å². The van der Waals surface area contributed by atoms with Gasteiger partial charge in [0.25, 0.3) is 5.91 Å². The van der Waals surface area contributed by atoms with E-state index < -0.39 is 5.95 Å². The Balaban J connectivity index is 1.68. The quantitative estimate of drug-likeness (QED) is 0.778. The van der Waals surface area contributed by atoms with Gasteiger partial charge in [0.1, 0.15) is 0 Å². The largest absolute Gasteiger partial charge is 0.356 e. The van der Waals surface area contributed by atoms with Gasteiger partial charge in [0.05, 0.1) is 5.56 Å². The molecule has 0 aromatic carbocycles. The van der Waals surface area contributed by atoms with Crippen LogP contribution in [0.4, 0.5) is 4.39 Å². The zero-order chi connectivity index (χ0) is 14.2. The summed E-state index contributed by atoms with van der Waals surface area (Å²) in [6, 6.07) is 3.01. The van der Waals surface area contributed by atoms with Crippen molar-refractivity contribution in [3.8, 4) is 0 Å². The standard InChI is InChI=1S/C14H16FN3O2/c15-12-10(2-1-5-16-12)13(20)18-6-3-14(4-7-18)8-11(19)17-9-14/h1-2,5H,3-4,6-9H2,(H,17,19). The average molecular weight is 277 g/mol. The minimum Gasteiger partial charge on any atom is -0.356 e. The maximum atomic E-state index is 13.5. The van der Waals surface area contributed by atoms with Crippen LogP contribution >= 0.6 is 0 Å². The highest BCUT2D eigenvalue weighted by molar-refractivity contribution is 5.94. The van der Waals surface area contributed by atoms with Crippen molar-refractivity contribution in [3.63, 3.8) is 0 Å². The molecule has 6 heteroatoms. The van der Waals surface area contributed by atoms with Crippen LogP contribution in [0.5, 0.6) is 0 Å². The highest BCUT2D eigenvalue weighted by Crippen LogP contribution is 2.37. The van der Waals surface area contributed by atoms with Crippen LogP contribution in [0.15, 0.2) is 18.3 Å². The number of hydrogen-bond donors (Lipinski definition) is 1. The molecule has 106 valence electrons. The first kappa shape index (κ1) is 13.0. The smallest absolute Gasteiger partial charge is 0.258 e. The monoisotopic (exact) mass is 277 g/mol. The van der Waals surface area contributed by atoms with E-state index in [-0.39, 0.29) is 22.8 Å². The van der Waals surface area contributed by atoms with Gasteiger partial charge in [-0.15, -0.1) is 0 Å². The Morgan fingerprint density at radius 1 is 1.40 bits per heavy atom. The van der Waals surface area contributed by atoms with Gasteiger partial charge in [-0.3, -0.25) is 9.59 Å². The van der Waals surface area contributed by atoms with Gasteiger partial charge in [0, 0.05) is 32.3 Å². The van der Waals surface area contributed by atoms with E-state index in [2.05, 4.69) is 10.3 Å². The van der Waals surface area contributed by atoms with E-state index in [9.17, 15) is 14.0 Å². The van der Waals surface area contributed by atoms with Crippen LogP contribution in [-0.2, 0) is 4.79 Å². The molecule has 0 atom stereocenters. The molecular weight excluding hydrogens is 261 g/mol. The third kappa shape index (κ3) is 2.26. The van der Waals surface area contributed by atoms with Crippen LogP contribution in [0.3, 0.4) is 0 Å². The lowest BCUT2D eigenvalue weighted by atomic mass is 9.77. The van der Waals surface area contributed by atoms with Gasteiger partial charge in [-0.25, -0.2) is 4.98 Å². The van der Waals surface area contributed by atoms with Crippen molar-refractivity contribution in [1.82, 2.24) is 15.2 Å². The average Bonchev–Trinajstić information content (AvgIpc) is 2.81. The van der Waals surface area contributed by atoms with Gasteiger partial charge in [-0.05, 0) is 30.4 Å². The van der Waals surface area contributed by atoms with E-state index in [0.29, 0.717) is 26.1 Å². The molecule has 1 aromatic heterocycles. The van der Waals surface area contributed by atoms with E-state index in [1.54, 1.807) is 11.0 Å². The van der Waals surface area contributed by atoms with Crippen LogP contribution < -0.4 is 5.32 Å². The second-order valence-electron chi connectivity index (χ2n) is 5.59. The molecule has 0 radical (unpaired) electrons. The molecule has 2 aliphatic rings. The van der Waals surface area contributed by atoms with Crippen LogP contribution in [0.2, 0.25) is 0 Å². The number of halogens is 1. The van der Waals surface area contributed by atoms with Gasteiger partial charge in [-0.1, -0.05) is 0 Å². The molecule has 1 aromatic rings. The Hall–Kier alpha value is -1.98. The lowest BCUT2D eigenvalue weighted by Gasteiger charge is -2.38. The highest BCUT2D eigenvalue weighted by atomic mass is 19.1. The van der Waals surface area contributed by atoms with E-state index >= 15 is 0 Å². The second-order valence-corrected chi connectivity index (χ2v) is 5.59. The zero-order valence-electron chi connectivity index (χ0n) is 11.1. The van der Waals surface area contributed by atoms with E-state index in [1.807, 2.05) is 0 Å². The molecule has 2 saturated heterocycles. The number of pyridine rings is 1. The number of rotatable bonds is 1. The lowest BCUT2D eigenvalue weighted by molar-refractivity contribution is -0.119. The van der Waals surface area contributed by atoms with Crippen molar-refractivity contribution in [2.45, 2.75) is 19.3 Å². The van der Waals surface area contributed by atoms with Crippen LogP contribution in [0.1, 0.15) is 29.6 Å². The summed E-state index contributed by atoms with van der Waals surface area (Å²) in [6.45, 7) is 1.80. The molecule has 2 aliphatic heterocycles. The first-order chi connectivity index (χ1) is 9.60. The fourth-order valence-electron chi connectivity index (χ4n) is 3.01. The number of hydrogen-bond acceptors (Lipinski definition) is 3. The van der Waals surface area contributed by atoms with E-state index in [0.717, 1.165) is 12.8 Å². The molecule has 3 heterocycles. The maximum absolute atomic E-state index is 13.5. The third-order valence-electron chi connectivity index (χ3n) is 4.30. The van der Waals surface area contributed by atoms with Gasteiger partial charge >= 0.3 is 0 Å². The second kappa shape index (κ2) is 4.85. The van der Waals surface area contributed by atoms with Gasteiger partial charge in [-0.2, -0.15) is 4.39 Å². The van der Waals surface area contributed by atoms with Crippen molar-refractivity contribution < 1.29 is 14.0 Å². The molecule has 2 fully saturated rings. The van der Waals surface area contributed by atoms with Crippen molar-refractivity contribution in [2.24, 2.45) is 5.41 Å². The number of piperidine rings is 1. The summed E-state index contributed by atoms with van der Waals surface area (Å²) in [6.07, 6.45) is 3.42. The Morgan fingerprint density at radius 2 is 2.15 bits per heavy atom. The number of aromatic nitrogens is 1. The minimum atomic E-state index is -0.726. The molecular formula is C14H16FN3O2. The summed E-state index contributed by atoms with van der Waals surface area (Å²) >= 11 is 0. The lowest BCUT2D eigenvalue weighted by Crippen LogP contribution is -2.44. The normalized spacial score (nSPS) is 21.1. The summed E-state index contributed by atoms with van der Waals surface area (Å²) in [7, 11) is 0. The third-order valence-corrected chi connectivity index (χ3v) is 4.30. The Bertz CT molecular complexity index is 553. The molecule has 1 spiro atoms. The van der Waals surface area contributed by atoms with Crippen molar-refractivity contribution in [2.75, 3.05) is 19.6 Å².